The van der Waals surface area contributed by atoms with Crippen molar-refractivity contribution in [1.29, 1.82) is 0 Å². The Morgan fingerprint density at radius 2 is 1.80 bits per heavy atom. The van der Waals surface area contributed by atoms with Crippen LogP contribution < -0.4 is 5.73 Å². The molecule has 1 heterocycles. The van der Waals surface area contributed by atoms with E-state index in [9.17, 15) is 8.78 Å². The molecule has 2 aromatic carbocycles. The van der Waals surface area contributed by atoms with Crippen molar-refractivity contribution in [2.45, 2.75) is 17.8 Å². The quantitative estimate of drug-likeness (QED) is 0.498. The second-order valence-electron chi connectivity index (χ2n) is 5.36. The minimum atomic E-state index is -0.866. The number of hydrogen-bond donors (Lipinski definition) is 1. The summed E-state index contributed by atoms with van der Waals surface area (Å²) < 4.78 is 27.1. The Labute approximate surface area is 153 Å². The molecule has 0 radical (unpaired) electrons. The van der Waals surface area contributed by atoms with E-state index < -0.39 is 11.6 Å². The number of aryl methyl sites for hydroxylation is 1. The molecule has 0 atom stereocenters. The lowest BCUT2D eigenvalue weighted by Gasteiger charge is -2.10. The number of nitrogen functional groups attached to an aromatic ring is 1. The van der Waals surface area contributed by atoms with Crippen LogP contribution >= 0.6 is 23.4 Å². The van der Waals surface area contributed by atoms with Crippen molar-refractivity contribution >= 4 is 29.1 Å². The Morgan fingerprint density at radius 3 is 2.52 bits per heavy atom. The van der Waals surface area contributed by atoms with Crippen LogP contribution in [0.2, 0.25) is 5.02 Å². The van der Waals surface area contributed by atoms with Crippen LogP contribution in [0.3, 0.4) is 0 Å². The lowest BCUT2D eigenvalue weighted by Crippen LogP contribution is -2.02. The van der Waals surface area contributed by atoms with Gasteiger partial charge in [0.15, 0.2) is 16.8 Å². The third-order valence-corrected chi connectivity index (χ3v) is 4.77. The molecular formula is C18H14ClF2N3S. The molecule has 0 fully saturated rings. The second kappa shape index (κ2) is 7.37. The van der Waals surface area contributed by atoms with E-state index in [4.69, 9.17) is 17.3 Å². The molecule has 3 rings (SSSR count). The van der Waals surface area contributed by atoms with E-state index in [2.05, 4.69) is 9.97 Å². The second-order valence-corrected chi connectivity index (χ2v) is 6.74. The maximum Gasteiger partial charge on any atom is 0.188 e. The molecule has 0 bridgehead atoms. The van der Waals surface area contributed by atoms with Gasteiger partial charge in [0.1, 0.15) is 0 Å². The molecule has 0 aliphatic rings. The molecule has 2 N–H and O–H groups in total. The van der Waals surface area contributed by atoms with Crippen LogP contribution in [0, 0.1) is 18.6 Å². The molecule has 0 aliphatic carbocycles. The topological polar surface area (TPSA) is 51.8 Å². The predicted octanol–water partition coefficient (Wildman–Crippen LogP) is 5.26. The summed E-state index contributed by atoms with van der Waals surface area (Å²) in [5, 5.41) is 1.06. The average molecular weight is 378 g/mol. The van der Waals surface area contributed by atoms with Crippen molar-refractivity contribution in [2.24, 2.45) is 0 Å². The highest BCUT2D eigenvalue weighted by Crippen LogP contribution is 2.30. The van der Waals surface area contributed by atoms with E-state index in [0.717, 1.165) is 11.6 Å². The number of anilines is 1. The van der Waals surface area contributed by atoms with Gasteiger partial charge in [-0.2, -0.15) is 0 Å². The molecule has 0 saturated carbocycles. The van der Waals surface area contributed by atoms with Gasteiger partial charge in [0.05, 0.1) is 17.1 Å². The minimum absolute atomic E-state index is 0.215. The molecule has 3 nitrogen and oxygen atoms in total. The Hall–Kier alpha value is -2.18. The fourth-order valence-corrected chi connectivity index (χ4v) is 3.24. The Bertz CT molecular complexity index is 917. The van der Waals surface area contributed by atoms with Crippen LogP contribution in [0.15, 0.2) is 47.6 Å². The molecule has 0 aliphatic heterocycles. The maximum atomic E-state index is 13.8. The van der Waals surface area contributed by atoms with Crippen LogP contribution in [-0.2, 0) is 5.75 Å². The zero-order chi connectivity index (χ0) is 18.0. The molecule has 3 aromatic rings. The van der Waals surface area contributed by atoms with E-state index in [1.807, 2.05) is 12.1 Å². The largest absolute Gasteiger partial charge is 0.395 e. The minimum Gasteiger partial charge on any atom is -0.395 e. The van der Waals surface area contributed by atoms with Crippen molar-refractivity contribution in [2.75, 3.05) is 5.73 Å². The van der Waals surface area contributed by atoms with E-state index in [1.165, 1.54) is 23.9 Å². The van der Waals surface area contributed by atoms with E-state index in [1.54, 1.807) is 19.1 Å². The van der Waals surface area contributed by atoms with E-state index in [0.29, 0.717) is 27.3 Å². The van der Waals surface area contributed by atoms with Gasteiger partial charge in [-0.15, -0.1) is 0 Å². The zero-order valence-electron chi connectivity index (χ0n) is 13.3. The molecule has 0 amide bonds. The van der Waals surface area contributed by atoms with Gasteiger partial charge in [0, 0.05) is 21.9 Å². The summed E-state index contributed by atoms with van der Waals surface area (Å²) in [5.74, 6) is -1.50. The lowest BCUT2D eigenvalue weighted by atomic mass is 10.1. The lowest BCUT2D eigenvalue weighted by molar-refractivity contribution is 0.502. The van der Waals surface area contributed by atoms with Crippen molar-refractivity contribution in [1.82, 2.24) is 9.97 Å². The van der Waals surface area contributed by atoms with Crippen LogP contribution in [0.4, 0.5) is 14.5 Å². The predicted molar refractivity (Wildman–Crippen MR) is 97.5 cm³/mol. The highest BCUT2D eigenvalue weighted by atomic mass is 35.5. The van der Waals surface area contributed by atoms with Crippen LogP contribution in [-0.4, -0.2) is 9.97 Å². The fraction of sp³-hybridized carbons (Fsp3) is 0.111. The Morgan fingerprint density at radius 1 is 1.08 bits per heavy atom. The first-order valence-corrected chi connectivity index (χ1v) is 8.78. The number of hydrogen-bond acceptors (Lipinski definition) is 4. The number of halogens is 3. The third kappa shape index (κ3) is 3.91. The first kappa shape index (κ1) is 17.6. The van der Waals surface area contributed by atoms with Gasteiger partial charge >= 0.3 is 0 Å². The molecule has 0 unspecified atom stereocenters. The fourth-order valence-electron chi connectivity index (χ4n) is 2.25. The van der Waals surface area contributed by atoms with Crippen molar-refractivity contribution < 1.29 is 8.78 Å². The summed E-state index contributed by atoms with van der Waals surface area (Å²) in [6.07, 6.45) is 0. The molecule has 0 spiro atoms. The van der Waals surface area contributed by atoms with Gasteiger partial charge in [-0.05, 0) is 25.1 Å². The van der Waals surface area contributed by atoms with Gasteiger partial charge in [-0.25, -0.2) is 18.7 Å². The highest BCUT2D eigenvalue weighted by Gasteiger charge is 2.13. The monoisotopic (exact) mass is 377 g/mol. The molecule has 128 valence electrons. The first-order valence-electron chi connectivity index (χ1n) is 7.41. The molecular weight excluding hydrogens is 364 g/mol. The van der Waals surface area contributed by atoms with Crippen LogP contribution in [0.5, 0.6) is 0 Å². The normalized spacial score (nSPS) is 10.9. The van der Waals surface area contributed by atoms with Gasteiger partial charge < -0.3 is 5.73 Å². The summed E-state index contributed by atoms with van der Waals surface area (Å²) in [6.45, 7) is 1.78. The maximum absolute atomic E-state index is 13.8. The van der Waals surface area contributed by atoms with E-state index >= 15 is 0 Å². The van der Waals surface area contributed by atoms with Gasteiger partial charge in [-0.1, -0.05) is 47.6 Å². The number of aromatic nitrogens is 2. The number of benzene rings is 2. The van der Waals surface area contributed by atoms with Crippen LogP contribution in [0.25, 0.3) is 11.3 Å². The van der Waals surface area contributed by atoms with Crippen molar-refractivity contribution in [3.8, 4) is 11.3 Å². The first-order chi connectivity index (χ1) is 12.0. The third-order valence-electron chi connectivity index (χ3n) is 3.62. The highest BCUT2D eigenvalue weighted by molar-refractivity contribution is 7.98. The summed E-state index contributed by atoms with van der Waals surface area (Å²) in [5.41, 5.74) is 8.86. The smallest absolute Gasteiger partial charge is 0.188 e. The summed E-state index contributed by atoms with van der Waals surface area (Å²) in [6, 6.07) is 11.2. The van der Waals surface area contributed by atoms with Crippen LogP contribution in [0.1, 0.15) is 11.3 Å². The van der Waals surface area contributed by atoms with Gasteiger partial charge in [0.25, 0.3) is 0 Å². The summed E-state index contributed by atoms with van der Waals surface area (Å²) in [4.78, 5) is 8.80. The Kier molecular flexibility index (Phi) is 5.20. The Balaban J connectivity index is 1.90. The average Bonchev–Trinajstić information content (AvgIpc) is 2.60. The number of thioether (sulfide) groups is 1. The SMILES string of the molecule is Cc1nc(SCc2cccc(F)c2F)nc(-c2ccc(Cl)cc2)c1N. The van der Waals surface area contributed by atoms with E-state index in [-0.39, 0.29) is 11.3 Å². The summed E-state index contributed by atoms with van der Waals surface area (Å²) in [7, 11) is 0. The number of nitrogens with two attached hydrogens (primary N) is 1. The summed E-state index contributed by atoms with van der Waals surface area (Å²) >= 11 is 7.13. The molecule has 7 heteroatoms. The number of nitrogens with zero attached hydrogens (tertiary/aromatic N) is 2. The molecule has 25 heavy (non-hydrogen) atoms. The number of rotatable bonds is 4. The van der Waals surface area contributed by atoms with Crippen molar-refractivity contribution in [3.05, 3.63) is 70.4 Å². The molecule has 0 saturated heterocycles. The zero-order valence-corrected chi connectivity index (χ0v) is 14.8. The van der Waals surface area contributed by atoms with Gasteiger partial charge in [-0.3, -0.25) is 0 Å². The van der Waals surface area contributed by atoms with Gasteiger partial charge in [0.2, 0.25) is 0 Å². The standard InChI is InChI=1S/C18H14ClF2N3S/c1-10-16(22)17(11-5-7-13(19)8-6-11)24-18(23-10)25-9-12-3-2-4-14(20)15(12)21/h2-8H,9,22H2,1H3. The molecule has 1 aromatic heterocycles. The van der Waals surface area contributed by atoms with Crippen molar-refractivity contribution in [3.63, 3.8) is 0 Å².